The molecule has 2 atom stereocenters. The van der Waals surface area contributed by atoms with Crippen LogP contribution < -0.4 is 15.3 Å². The van der Waals surface area contributed by atoms with Crippen LogP contribution in [0.5, 0.6) is 0 Å². The van der Waals surface area contributed by atoms with Crippen LogP contribution in [-0.4, -0.2) is 18.6 Å². The predicted molar refractivity (Wildman–Crippen MR) is 130 cm³/mol. The van der Waals surface area contributed by atoms with Gasteiger partial charge in [0.15, 0.2) is 0 Å². The standard InChI is InChI=1S/C28H25N3O/c1-27-22-15-9-10-16-23(22)30(3)28(27,2)31(29-26(32)20-12-5-4-6-13-20)24-18-17-19-11-7-8-14-21(19)25(24)27/h4-18H,1-3H3,(H,29,32)/t27-,28+/m0/s1. The third-order valence-electron chi connectivity index (χ3n) is 7.74. The number of nitrogens with zero attached hydrogens (tertiary/aromatic N) is 2. The number of para-hydroxylation sites is 1. The third-order valence-corrected chi connectivity index (χ3v) is 7.74. The predicted octanol–water partition coefficient (Wildman–Crippen LogP) is 5.48. The van der Waals surface area contributed by atoms with Gasteiger partial charge in [0.2, 0.25) is 0 Å². The van der Waals surface area contributed by atoms with Gasteiger partial charge in [0.1, 0.15) is 5.66 Å². The zero-order chi connectivity index (χ0) is 22.1. The van der Waals surface area contributed by atoms with Crippen LogP contribution in [0.15, 0.2) is 91.0 Å². The Labute approximate surface area is 188 Å². The molecule has 4 aromatic rings. The fourth-order valence-electron chi connectivity index (χ4n) is 5.89. The molecule has 1 N–H and O–H groups in total. The first-order chi connectivity index (χ1) is 15.5. The molecule has 0 unspecified atom stereocenters. The molecule has 6 rings (SSSR count). The summed E-state index contributed by atoms with van der Waals surface area (Å²) in [6, 6.07) is 30.8. The van der Waals surface area contributed by atoms with E-state index in [9.17, 15) is 4.79 Å². The molecular formula is C28H25N3O. The zero-order valence-corrected chi connectivity index (χ0v) is 18.5. The van der Waals surface area contributed by atoms with Gasteiger partial charge in [-0.1, -0.05) is 66.7 Å². The van der Waals surface area contributed by atoms with Crippen LogP contribution in [0.4, 0.5) is 11.4 Å². The number of likely N-dealkylation sites (N-methyl/N-ethyl adjacent to an activating group) is 1. The number of rotatable bonds is 2. The monoisotopic (exact) mass is 419 g/mol. The molecule has 0 spiro atoms. The number of hydrogen-bond acceptors (Lipinski definition) is 3. The van der Waals surface area contributed by atoms with Gasteiger partial charge < -0.3 is 4.90 Å². The Morgan fingerprint density at radius 1 is 0.781 bits per heavy atom. The highest BCUT2D eigenvalue weighted by molar-refractivity contribution is 6.00. The topological polar surface area (TPSA) is 35.6 Å². The summed E-state index contributed by atoms with van der Waals surface area (Å²) in [6.45, 7) is 4.54. The summed E-state index contributed by atoms with van der Waals surface area (Å²) in [6.07, 6.45) is 0. The highest BCUT2D eigenvalue weighted by Gasteiger charge is 2.65. The summed E-state index contributed by atoms with van der Waals surface area (Å²) in [5.74, 6) is -0.112. The first-order valence-corrected chi connectivity index (χ1v) is 11.0. The van der Waals surface area contributed by atoms with Crippen molar-refractivity contribution in [2.75, 3.05) is 17.0 Å². The summed E-state index contributed by atoms with van der Waals surface area (Å²) in [5.41, 5.74) is 7.81. The Bertz CT molecular complexity index is 1380. The number of carbonyl (C=O) groups excluding carboxylic acids is 1. The van der Waals surface area contributed by atoms with Gasteiger partial charge in [-0.25, -0.2) is 0 Å². The van der Waals surface area contributed by atoms with Crippen LogP contribution in [0.25, 0.3) is 10.8 Å². The Morgan fingerprint density at radius 3 is 2.28 bits per heavy atom. The zero-order valence-electron chi connectivity index (χ0n) is 18.5. The molecule has 0 fully saturated rings. The van der Waals surface area contributed by atoms with Crippen LogP contribution in [0.1, 0.15) is 35.3 Å². The lowest BCUT2D eigenvalue weighted by molar-refractivity contribution is 0.0933. The summed E-state index contributed by atoms with van der Waals surface area (Å²) in [4.78, 5) is 15.6. The number of benzene rings is 4. The lowest BCUT2D eigenvalue weighted by Crippen LogP contribution is -2.66. The van der Waals surface area contributed by atoms with Crippen molar-refractivity contribution < 1.29 is 4.79 Å². The SMILES string of the molecule is CN1c2ccccc2[C@@]2(C)c3c(ccc4ccccc34)N(NC(=O)c3ccccc3)[C@@]12C. The maximum atomic E-state index is 13.3. The second-order valence-corrected chi connectivity index (χ2v) is 9.05. The minimum absolute atomic E-state index is 0.112. The molecule has 0 aromatic heterocycles. The molecule has 0 aliphatic carbocycles. The van der Waals surface area contributed by atoms with Crippen molar-refractivity contribution in [3.63, 3.8) is 0 Å². The summed E-state index contributed by atoms with van der Waals surface area (Å²) >= 11 is 0. The smallest absolute Gasteiger partial charge is 0.269 e. The molecule has 158 valence electrons. The molecule has 2 aliphatic heterocycles. The van der Waals surface area contributed by atoms with Crippen LogP contribution in [0.3, 0.4) is 0 Å². The van der Waals surface area contributed by atoms with Gasteiger partial charge in [-0.3, -0.25) is 15.2 Å². The summed E-state index contributed by atoms with van der Waals surface area (Å²) in [5, 5.41) is 4.52. The minimum atomic E-state index is -0.520. The molecular weight excluding hydrogens is 394 g/mol. The van der Waals surface area contributed by atoms with Crippen molar-refractivity contribution in [2.24, 2.45) is 0 Å². The first kappa shape index (κ1) is 18.9. The number of anilines is 2. The molecule has 1 amide bonds. The van der Waals surface area contributed by atoms with Crippen molar-refractivity contribution >= 4 is 28.1 Å². The lowest BCUT2D eigenvalue weighted by Gasteiger charge is -2.46. The maximum Gasteiger partial charge on any atom is 0.269 e. The summed E-state index contributed by atoms with van der Waals surface area (Å²) < 4.78 is 0. The van der Waals surface area contributed by atoms with Crippen molar-refractivity contribution in [3.05, 3.63) is 108 Å². The lowest BCUT2D eigenvalue weighted by atomic mass is 9.70. The van der Waals surface area contributed by atoms with Crippen LogP contribution in [-0.2, 0) is 5.41 Å². The first-order valence-electron chi connectivity index (χ1n) is 11.0. The molecule has 0 radical (unpaired) electrons. The van der Waals surface area contributed by atoms with Crippen molar-refractivity contribution in [2.45, 2.75) is 24.9 Å². The molecule has 4 aromatic carbocycles. The van der Waals surface area contributed by atoms with E-state index in [0.717, 1.165) is 5.69 Å². The average molecular weight is 420 g/mol. The van der Waals surface area contributed by atoms with Gasteiger partial charge >= 0.3 is 0 Å². The molecule has 0 saturated carbocycles. The number of fused-ring (bicyclic) bond motifs is 7. The second-order valence-electron chi connectivity index (χ2n) is 9.05. The molecule has 2 heterocycles. The fraction of sp³-hybridized carbons (Fsp3) is 0.179. The van der Waals surface area contributed by atoms with Crippen LogP contribution in [0.2, 0.25) is 0 Å². The van der Waals surface area contributed by atoms with Crippen molar-refractivity contribution in [1.82, 2.24) is 5.43 Å². The van der Waals surface area contributed by atoms with Crippen molar-refractivity contribution in [3.8, 4) is 0 Å². The quantitative estimate of drug-likeness (QED) is 0.468. The van der Waals surface area contributed by atoms with Gasteiger partial charge in [-0.05, 0) is 60.0 Å². The van der Waals surface area contributed by atoms with E-state index >= 15 is 0 Å². The number of hydrogen-bond donors (Lipinski definition) is 1. The largest absolute Gasteiger partial charge is 0.349 e. The Hall–Kier alpha value is -3.79. The van der Waals surface area contributed by atoms with E-state index in [4.69, 9.17) is 0 Å². The van der Waals surface area contributed by atoms with Crippen LogP contribution >= 0.6 is 0 Å². The number of hydrazine groups is 1. The van der Waals surface area contributed by atoms with Gasteiger partial charge in [-0.15, -0.1) is 0 Å². The molecule has 0 saturated heterocycles. The van der Waals surface area contributed by atoms with E-state index in [2.05, 4.69) is 96.9 Å². The number of carbonyl (C=O) groups is 1. The Kier molecular flexibility index (Phi) is 3.76. The van der Waals surface area contributed by atoms with E-state index in [1.165, 1.54) is 27.6 Å². The third kappa shape index (κ3) is 2.14. The number of amides is 1. The van der Waals surface area contributed by atoms with E-state index in [0.29, 0.717) is 5.56 Å². The number of nitrogens with one attached hydrogen (secondary N) is 1. The minimum Gasteiger partial charge on any atom is -0.349 e. The molecule has 0 bridgehead atoms. The molecule has 4 nitrogen and oxygen atoms in total. The average Bonchev–Trinajstić information content (AvgIpc) is 3.14. The van der Waals surface area contributed by atoms with E-state index in [1.54, 1.807) is 0 Å². The Morgan fingerprint density at radius 2 is 1.47 bits per heavy atom. The highest BCUT2D eigenvalue weighted by Crippen LogP contribution is 2.63. The van der Waals surface area contributed by atoms with E-state index in [1.807, 2.05) is 30.3 Å². The maximum absolute atomic E-state index is 13.3. The van der Waals surface area contributed by atoms with E-state index in [-0.39, 0.29) is 11.3 Å². The van der Waals surface area contributed by atoms with Crippen LogP contribution in [0, 0.1) is 0 Å². The normalized spacial score (nSPS) is 23.1. The molecule has 32 heavy (non-hydrogen) atoms. The second kappa shape index (κ2) is 6.36. The van der Waals surface area contributed by atoms with Gasteiger partial charge in [0, 0.05) is 18.3 Å². The van der Waals surface area contributed by atoms with Gasteiger partial charge in [-0.2, -0.15) is 0 Å². The van der Waals surface area contributed by atoms with Crippen molar-refractivity contribution in [1.29, 1.82) is 0 Å². The fourth-order valence-corrected chi connectivity index (χ4v) is 5.89. The van der Waals surface area contributed by atoms with Gasteiger partial charge in [0.25, 0.3) is 5.91 Å². The van der Waals surface area contributed by atoms with Gasteiger partial charge in [0.05, 0.1) is 11.1 Å². The molecule has 2 aliphatic rings. The summed E-state index contributed by atoms with van der Waals surface area (Å²) in [7, 11) is 2.12. The highest BCUT2D eigenvalue weighted by atomic mass is 16.2. The van der Waals surface area contributed by atoms with E-state index < -0.39 is 5.66 Å². The Balaban J connectivity index is 1.63. The molecule has 4 heteroatoms.